The van der Waals surface area contributed by atoms with E-state index in [-0.39, 0.29) is 0 Å². The molecule has 4 heteroatoms. The van der Waals surface area contributed by atoms with Crippen LogP contribution in [0.3, 0.4) is 0 Å². The average Bonchev–Trinajstić information content (AvgIpc) is 2.66. The molecule has 0 aliphatic heterocycles. The Morgan fingerprint density at radius 1 is 1.29 bits per heavy atom. The van der Waals surface area contributed by atoms with E-state index in [0.29, 0.717) is 5.89 Å². The van der Waals surface area contributed by atoms with Gasteiger partial charge in [-0.25, -0.2) is 0 Å². The Labute approximate surface area is 84.9 Å². The number of nitrogens with two attached hydrogens (primary N) is 1. The van der Waals surface area contributed by atoms with Crippen molar-refractivity contribution in [1.29, 1.82) is 0 Å². The molecule has 0 atom stereocenters. The highest BCUT2D eigenvalue weighted by molar-refractivity contribution is 5.01. The van der Waals surface area contributed by atoms with E-state index >= 15 is 0 Å². The van der Waals surface area contributed by atoms with Crippen molar-refractivity contribution in [3.63, 3.8) is 0 Å². The molecule has 80 valence electrons. The van der Waals surface area contributed by atoms with Crippen LogP contribution >= 0.6 is 0 Å². The Morgan fingerprint density at radius 3 is 2.43 bits per heavy atom. The second kappa shape index (κ2) is 4.55. The molecule has 1 aromatic heterocycles. The summed E-state index contributed by atoms with van der Waals surface area (Å²) in [6.07, 6.45) is 3.51. The van der Waals surface area contributed by atoms with Crippen molar-refractivity contribution in [2.24, 2.45) is 5.73 Å². The zero-order valence-electron chi connectivity index (χ0n) is 9.21. The van der Waals surface area contributed by atoms with Crippen LogP contribution in [0.25, 0.3) is 0 Å². The average molecular weight is 197 g/mol. The maximum Gasteiger partial charge on any atom is 0.246 e. The van der Waals surface area contributed by atoms with Crippen molar-refractivity contribution in [2.75, 3.05) is 0 Å². The molecule has 0 spiro atoms. The van der Waals surface area contributed by atoms with Gasteiger partial charge in [0.25, 0.3) is 0 Å². The number of rotatable bonds is 5. The summed E-state index contributed by atoms with van der Waals surface area (Å²) in [7, 11) is 0. The topological polar surface area (TPSA) is 64.9 Å². The predicted octanol–water partition coefficient (Wildman–Crippen LogP) is 2.00. The molecule has 14 heavy (non-hydrogen) atoms. The molecular formula is C10H19N3O. The Hall–Kier alpha value is -0.900. The van der Waals surface area contributed by atoms with Crippen molar-refractivity contribution in [2.45, 2.75) is 52.0 Å². The molecule has 2 N–H and O–H groups in total. The SMILES string of the molecule is CCCc1noc(C(N)(CC)CC)n1. The molecular weight excluding hydrogens is 178 g/mol. The Bertz CT molecular complexity index is 279. The van der Waals surface area contributed by atoms with Crippen molar-refractivity contribution in [3.8, 4) is 0 Å². The van der Waals surface area contributed by atoms with Crippen LogP contribution in [0.1, 0.15) is 51.7 Å². The van der Waals surface area contributed by atoms with Crippen LogP contribution in [-0.4, -0.2) is 10.1 Å². The normalized spacial score (nSPS) is 12.0. The first-order valence-corrected chi connectivity index (χ1v) is 5.28. The van der Waals surface area contributed by atoms with Crippen LogP contribution in [-0.2, 0) is 12.0 Å². The van der Waals surface area contributed by atoms with E-state index in [1.54, 1.807) is 0 Å². The van der Waals surface area contributed by atoms with Crippen LogP contribution in [0, 0.1) is 0 Å². The number of hydrogen-bond donors (Lipinski definition) is 1. The first kappa shape index (κ1) is 11.2. The van der Waals surface area contributed by atoms with Crippen LogP contribution in [0.15, 0.2) is 4.52 Å². The maximum atomic E-state index is 6.13. The van der Waals surface area contributed by atoms with Gasteiger partial charge in [-0.1, -0.05) is 25.9 Å². The van der Waals surface area contributed by atoms with Gasteiger partial charge in [0.1, 0.15) is 0 Å². The first-order chi connectivity index (χ1) is 6.66. The zero-order valence-corrected chi connectivity index (χ0v) is 9.21. The predicted molar refractivity (Wildman–Crippen MR) is 54.7 cm³/mol. The minimum absolute atomic E-state index is 0.445. The number of aromatic nitrogens is 2. The highest BCUT2D eigenvalue weighted by Gasteiger charge is 2.29. The van der Waals surface area contributed by atoms with Gasteiger partial charge in [0.2, 0.25) is 5.89 Å². The minimum Gasteiger partial charge on any atom is -0.337 e. The van der Waals surface area contributed by atoms with Crippen LogP contribution < -0.4 is 5.73 Å². The van der Waals surface area contributed by atoms with Crippen molar-refractivity contribution >= 4 is 0 Å². The molecule has 0 saturated heterocycles. The van der Waals surface area contributed by atoms with Gasteiger partial charge >= 0.3 is 0 Å². The zero-order chi connectivity index (χ0) is 10.6. The summed E-state index contributed by atoms with van der Waals surface area (Å²) in [6, 6.07) is 0. The fraction of sp³-hybridized carbons (Fsp3) is 0.800. The molecule has 0 amide bonds. The summed E-state index contributed by atoms with van der Waals surface area (Å²) < 4.78 is 5.18. The first-order valence-electron chi connectivity index (χ1n) is 5.28. The number of nitrogens with zero attached hydrogens (tertiary/aromatic N) is 2. The molecule has 0 bridgehead atoms. The Morgan fingerprint density at radius 2 is 1.93 bits per heavy atom. The minimum atomic E-state index is -0.445. The summed E-state index contributed by atoms with van der Waals surface area (Å²) >= 11 is 0. The van der Waals surface area contributed by atoms with Gasteiger partial charge in [0.15, 0.2) is 5.82 Å². The van der Waals surface area contributed by atoms with E-state index in [2.05, 4.69) is 17.1 Å². The molecule has 4 nitrogen and oxygen atoms in total. The second-order valence-corrected chi connectivity index (χ2v) is 3.63. The maximum absolute atomic E-state index is 6.13. The standard InChI is InChI=1S/C10H19N3O/c1-4-7-8-12-9(14-13-8)10(11,5-2)6-3/h4-7,11H2,1-3H3. The van der Waals surface area contributed by atoms with Crippen LogP contribution in [0.5, 0.6) is 0 Å². The van der Waals surface area contributed by atoms with E-state index in [1.165, 1.54) is 0 Å². The van der Waals surface area contributed by atoms with Gasteiger partial charge in [0, 0.05) is 6.42 Å². The van der Waals surface area contributed by atoms with Crippen molar-refractivity contribution < 1.29 is 4.52 Å². The van der Waals surface area contributed by atoms with Crippen LogP contribution in [0.2, 0.25) is 0 Å². The van der Waals surface area contributed by atoms with Gasteiger partial charge in [-0.3, -0.25) is 0 Å². The van der Waals surface area contributed by atoms with Gasteiger partial charge in [-0.05, 0) is 19.3 Å². The Kier molecular flexibility index (Phi) is 3.63. The molecule has 0 radical (unpaired) electrons. The molecule has 1 heterocycles. The van der Waals surface area contributed by atoms with Gasteiger partial charge in [-0.15, -0.1) is 0 Å². The van der Waals surface area contributed by atoms with E-state index in [4.69, 9.17) is 10.3 Å². The smallest absolute Gasteiger partial charge is 0.246 e. The number of aryl methyl sites for hydroxylation is 1. The summed E-state index contributed by atoms with van der Waals surface area (Å²) in [6.45, 7) is 6.16. The molecule has 0 unspecified atom stereocenters. The third kappa shape index (κ3) is 2.12. The highest BCUT2D eigenvalue weighted by Crippen LogP contribution is 2.23. The van der Waals surface area contributed by atoms with Crippen LogP contribution in [0.4, 0.5) is 0 Å². The third-order valence-corrected chi connectivity index (χ3v) is 2.63. The van der Waals surface area contributed by atoms with Gasteiger partial charge in [-0.2, -0.15) is 4.98 Å². The lowest BCUT2D eigenvalue weighted by molar-refractivity contribution is 0.266. The van der Waals surface area contributed by atoms with E-state index < -0.39 is 5.54 Å². The monoisotopic (exact) mass is 197 g/mol. The third-order valence-electron chi connectivity index (χ3n) is 2.63. The lowest BCUT2D eigenvalue weighted by Gasteiger charge is -2.20. The summed E-state index contributed by atoms with van der Waals surface area (Å²) in [5.74, 6) is 1.34. The van der Waals surface area contributed by atoms with Gasteiger partial charge in [0.05, 0.1) is 5.54 Å². The molecule has 0 aromatic carbocycles. The molecule has 1 aromatic rings. The molecule has 0 saturated carbocycles. The fourth-order valence-corrected chi connectivity index (χ4v) is 1.33. The lowest BCUT2D eigenvalue weighted by atomic mass is 9.94. The summed E-state index contributed by atoms with van der Waals surface area (Å²) in [5, 5.41) is 3.90. The Balaban J connectivity index is 2.84. The molecule has 0 aliphatic carbocycles. The fourth-order valence-electron chi connectivity index (χ4n) is 1.33. The molecule has 0 fully saturated rings. The molecule has 1 rings (SSSR count). The quantitative estimate of drug-likeness (QED) is 0.784. The largest absolute Gasteiger partial charge is 0.337 e. The second-order valence-electron chi connectivity index (χ2n) is 3.63. The van der Waals surface area contributed by atoms with E-state index in [1.807, 2.05) is 13.8 Å². The van der Waals surface area contributed by atoms with Crippen molar-refractivity contribution in [3.05, 3.63) is 11.7 Å². The van der Waals surface area contributed by atoms with Crippen molar-refractivity contribution in [1.82, 2.24) is 10.1 Å². The van der Waals surface area contributed by atoms with E-state index in [9.17, 15) is 0 Å². The lowest BCUT2D eigenvalue weighted by Crippen LogP contribution is -2.35. The highest BCUT2D eigenvalue weighted by atomic mass is 16.5. The summed E-state index contributed by atoms with van der Waals surface area (Å²) in [5.41, 5.74) is 5.69. The number of hydrogen-bond acceptors (Lipinski definition) is 4. The summed E-state index contributed by atoms with van der Waals surface area (Å²) in [4.78, 5) is 4.31. The van der Waals surface area contributed by atoms with Gasteiger partial charge < -0.3 is 10.3 Å². The molecule has 0 aliphatic rings. The van der Waals surface area contributed by atoms with E-state index in [0.717, 1.165) is 31.5 Å².